The molecule has 3 heteroatoms. The number of hydrogen-bond donors (Lipinski definition) is 1. The van der Waals surface area contributed by atoms with Gasteiger partial charge in [-0.25, -0.2) is 8.78 Å². The van der Waals surface area contributed by atoms with Crippen molar-refractivity contribution in [2.75, 3.05) is 5.73 Å². The van der Waals surface area contributed by atoms with Gasteiger partial charge in [0.2, 0.25) is 0 Å². The van der Waals surface area contributed by atoms with Crippen LogP contribution in [0, 0.1) is 23.5 Å². The molecule has 0 saturated heterocycles. The lowest BCUT2D eigenvalue weighted by molar-refractivity contribution is 0.591. The van der Waals surface area contributed by atoms with E-state index in [4.69, 9.17) is 5.73 Å². The molecule has 17 heavy (non-hydrogen) atoms. The van der Waals surface area contributed by atoms with Gasteiger partial charge in [-0.15, -0.1) is 0 Å². The minimum atomic E-state index is -0.789. The Morgan fingerprint density at radius 3 is 1.94 bits per heavy atom. The summed E-state index contributed by atoms with van der Waals surface area (Å²) in [5, 5.41) is 0. The monoisotopic (exact) mass is 229 g/mol. The lowest BCUT2D eigenvalue weighted by Crippen LogP contribution is -1.96. The molecular weight excluding hydrogens is 220 g/mol. The van der Waals surface area contributed by atoms with Gasteiger partial charge in [0, 0.05) is 11.1 Å². The van der Waals surface area contributed by atoms with Crippen molar-refractivity contribution < 1.29 is 8.78 Å². The lowest BCUT2D eigenvalue weighted by atomic mass is 10.1. The smallest absolute Gasteiger partial charge is 0.150 e. The fourth-order valence-electron chi connectivity index (χ4n) is 1.32. The fraction of sp³-hybridized carbons (Fsp3) is 0. The maximum atomic E-state index is 13.1. The Morgan fingerprint density at radius 1 is 0.824 bits per heavy atom. The molecule has 0 aliphatic carbocycles. The van der Waals surface area contributed by atoms with Crippen molar-refractivity contribution in [3.05, 3.63) is 65.2 Å². The van der Waals surface area contributed by atoms with E-state index in [9.17, 15) is 8.78 Å². The summed E-state index contributed by atoms with van der Waals surface area (Å²) >= 11 is 0. The standard InChI is InChI=1S/C14H9F2N/c15-12-8-11(9-13(16)14(12)17)7-6-10-4-2-1-3-5-10/h1-5,8-9H,17H2. The molecule has 0 aromatic heterocycles. The fourth-order valence-corrected chi connectivity index (χ4v) is 1.32. The van der Waals surface area contributed by atoms with Gasteiger partial charge in [0.1, 0.15) is 17.3 Å². The maximum absolute atomic E-state index is 13.1. The highest BCUT2D eigenvalue weighted by atomic mass is 19.1. The zero-order chi connectivity index (χ0) is 12.3. The molecule has 0 atom stereocenters. The first-order chi connectivity index (χ1) is 8.16. The van der Waals surface area contributed by atoms with Gasteiger partial charge in [0.25, 0.3) is 0 Å². The van der Waals surface area contributed by atoms with Crippen molar-refractivity contribution >= 4 is 5.69 Å². The van der Waals surface area contributed by atoms with Gasteiger partial charge >= 0.3 is 0 Å². The maximum Gasteiger partial charge on any atom is 0.150 e. The summed E-state index contributed by atoms with van der Waals surface area (Å²) in [6.07, 6.45) is 0. The topological polar surface area (TPSA) is 26.0 Å². The number of anilines is 1. The van der Waals surface area contributed by atoms with Crippen LogP contribution in [0.5, 0.6) is 0 Å². The largest absolute Gasteiger partial charge is 0.394 e. The molecule has 0 heterocycles. The van der Waals surface area contributed by atoms with E-state index < -0.39 is 17.3 Å². The van der Waals surface area contributed by atoms with Crippen molar-refractivity contribution in [1.29, 1.82) is 0 Å². The molecule has 0 unspecified atom stereocenters. The van der Waals surface area contributed by atoms with Crippen LogP contribution in [0.25, 0.3) is 0 Å². The van der Waals surface area contributed by atoms with Crippen LogP contribution in [0.1, 0.15) is 11.1 Å². The van der Waals surface area contributed by atoms with E-state index in [-0.39, 0.29) is 5.56 Å². The average Bonchev–Trinajstić information content (AvgIpc) is 2.34. The normalized spacial score (nSPS) is 9.53. The van der Waals surface area contributed by atoms with E-state index in [1.54, 1.807) is 0 Å². The molecule has 1 nitrogen and oxygen atoms in total. The highest BCUT2D eigenvalue weighted by Crippen LogP contribution is 2.16. The zero-order valence-corrected chi connectivity index (χ0v) is 8.87. The number of hydrogen-bond acceptors (Lipinski definition) is 1. The van der Waals surface area contributed by atoms with E-state index >= 15 is 0 Å². The van der Waals surface area contributed by atoms with Crippen LogP contribution < -0.4 is 5.73 Å². The molecular formula is C14H9F2N. The second-order valence-corrected chi connectivity index (χ2v) is 3.47. The molecule has 2 rings (SSSR count). The molecule has 0 radical (unpaired) electrons. The third-order valence-electron chi connectivity index (χ3n) is 2.20. The first-order valence-electron chi connectivity index (χ1n) is 4.98. The minimum Gasteiger partial charge on any atom is -0.394 e. The number of nitrogen functional groups attached to an aromatic ring is 1. The molecule has 2 N–H and O–H groups in total. The third-order valence-corrected chi connectivity index (χ3v) is 2.20. The van der Waals surface area contributed by atoms with Crippen LogP contribution in [-0.2, 0) is 0 Å². The molecule has 0 saturated carbocycles. The molecule has 84 valence electrons. The highest BCUT2D eigenvalue weighted by molar-refractivity contribution is 5.49. The minimum absolute atomic E-state index is 0.262. The van der Waals surface area contributed by atoms with Crippen LogP contribution in [0.3, 0.4) is 0 Å². The Balaban J connectivity index is 2.35. The predicted octanol–water partition coefficient (Wildman–Crippen LogP) is 2.95. The van der Waals surface area contributed by atoms with Crippen LogP contribution in [0.4, 0.5) is 14.5 Å². The highest BCUT2D eigenvalue weighted by Gasteiger charge is 2.05. The van der Waals surface area contributed by atoms with Crippen molar-refractivity contribution in [1.82, 2.24) is 0 Å². The van der Waals surface area contributed by atoms with Crippen LogP contribution in [0.15, 0.2) is 42.5 Å². The predicted molar refractivity (Wildman–Crippen MR) is 63.2 cm³/mol. The molecule has 0 fully saturated rings. The first kappa shape index (κ1) is 11.2. The summed E-state index contributed by atoms with van der Waals surface area (Å²) in [6.45, 7) is 0. The number of benzene rings is 2. The zero-order valence-electron chi connectivity index (χ0n) is 8.87. The van der Waals surface area contributed by atoms with Gasteiger partial charge in [-0.2, -0.15) is 0 Å². The molecule has 0 amide bonds. The number of halogens is 2. The quantitative estimate of drug-likeness (QED) is 0.545. The summed E-state index contributed by atoms with van der Waals surface area (Å²) in [7, 11) is 0. The van der Waals surface area contributed by atoms with E-state index in [1.165, 1.54) is 0 Å². The summed E-state index contributed by atoms with van der Waals surface area (Å²) in [5.74, 6) is 3.92. The third kappa shape index (κ3) is 2.61. The SMILES string of the molecule is Nc1c(F)cc(C#Cc2ccccc2)cc1F. The Kier molecular flexibility index (Phi) is 3.06. The number of rotatable bonds is 0. The first-order valence-corrected chi connectivity index (χ1v) is 4.98. The lowest BCUT2D eigenvalue weighted by Gasteiger charge is -1.98. The molecule has 2 aromatic carbocycles. The van der Waals surface area contributed by atoms with Crippen LogP contribution in [-0.4, -0.2) is 0 Å². The summed E-state index contributed by atoms with van der Waals surface area (Å²) < 4.78 is 26.3. The van der Waals surface area contributed by atoms with Gasteiger partial charge in [-0.3, -0.25) is 0 Å². The van der Waals surface area contributed by atoms with Crippen LogP contribution in [0.2, 0.25) is 0 Å². The van der Waals surface area contributed by atoms with E-state index in [2.05, 4.69) is 11.8 Å². The van der Waals surface area contributed by atoms with Crippen molar-refractivity contribution in [3.63, 3.8) is 0 Å². The summed E-state index contributed by atoms with van der Waals surface area (Å²) in [6, 6.07) is 11.4. The van der Waals surface area contributed by atoms with Gasteiger partial charge < -0.3 is 5.73 Å². The van der Waals surface area contributed by atoms with Crippen molar-refractivity contribution in [2.45, 2.75) is 0 Å². The molecule has 0 aliphatic heterocycles. The van der Waals surface area contributed by atoms with Crippen LogP contribution >= 0.6 is 0 Å². The summed E-state index contributed by atoms with van der Waals surface area (Å²) in [4.78, 5) is 0. The van der Waals surface area contributed by atoms with Crippen molar-refractivity contribution in [3.8, 4) is 11.8 Å². The molecule has 0 bridgehead atoms. The van der Waals surface area contributed by atoms with Gasteiger partial charge in [0.15, 0.2) is 0 Å². The average molecular weight is 229 g/mol. The summed E-state index contributed by atoms with van der Waals surface area (Å²) in [5.41, 5.74) is 5.73. The van der Waals surface area contributed by atoms with E-state index in [0.29, 0.717) is 0 Å². The van der Waals surface area contributed by atoms with Gasteiger partial charge in [-0.1, -0.05) is 30.0 Å². The Labute approximate surface area is 97.9 Å². The van der Waals surface area contributed by atoms with Gasteiger partial charge in [-0.05, 0) is 24.3 Å². The Bertz CT molecular complexity index is 572. The van der Waals surface area contributed by atoms with Crippen molar-refractivity contribution in [2.24, 2.45) is 0 Å². The van der Waals surface area contributed by atoms with E-state index in [1.807, 2.05) is 30.3 Å². The Hall–Kier alpha value is -2.34. The second-order valence-electron chi connectivity index (χ2n) is 3.47. The molecule has 0 spiro atoms. The van der Waals surface area contributed by atoms with Gasteiger partial charge in [0.05, 0.1) is 0 Å². The van der Waals surface area contributed by atoms with E-state index in [0.717, 1.165) is 17.7 Å². The number of nitrogens with two attached hydrogens (primary N) is 1. The molecule has 0 aliphatic rings. The molecule has 2 aromatic rings. The Morgan fingerprint density at radius 2 is 1.35 bits per heavy atom. The second kappa shape index (κ2) is 4.67.